The summed E-state index contributed by atoms with van der Waals surface area (Å²) in [5.74, 6) is 2.86. The van der Waals surface area contributed by atoms with Crippen molar-refractivity contribution in [2.75, 3.05) is 25.7 Å². The molecular weight excluding hydrogens is 366 g/mol. The van der Waals surface area contributed by atoms with Crippen LogP contribution in [0.1, 0.15) is 37.6 Å². The van der Waals surface area contributed by atoms with Gasteiger partial charge in [-0.3, -0.25) is 4.68 Å². The Hall–Kier alpha value is -2.96. The Labute approximate surface area is 171 Å². The maximum atomic E-state index is 5.61. The minimum Gasteiger partial charge on any atom is -0.497 e. The molecule has 0 N–H and O–H groups in total. The molecule has 0 unspecified atom stereocenters. The smallest absolute Gasteiger partial charge is 0.136 e. The molecule has 0 radical (unpaired) electrons. The number of aryl methyl sites for hydroxylation is 2. The van der Waals surface area contributed by atoms with E-state index < -0.39 is 0 Å². The molecule has 1 aromatic carbocycles. The second kappa shape index (κ2) is 7.81. The third-order valence-electron chi connectivity index (χ3n) is 5.46. The standard InChI is InChI=1S/C22H29N5O2/c1-15(2)27-19(9-10-23-27)21-16(3)24-26-12-6-11-25(22(21)26)14-17-13-18(28-4)7-8-20(17)29-5/h7-10,13,15H,6,11-12,14H2,1-5H3. The average Bonchev–Trinajstić information content (AvgIpc) is 3.31. The van der Waals surface area contributed by atoms with Gasteiger partial charge in [-0.2, -0.15) is 10.2 Å². The van der Waals surface area contributed by atoms with E-state index >= 15 is 0 Å². The van der Waals surface area contributed by atoms with Crippen molar-refractivity contribution in [1.82, 2.24) is 19.6 Å². The molecule has 0 saturated heterocycles. The highest BCUT2D eigenvalue weighted by molar-refractivity contribution is 5.77. The van der Waals surface area contributed by atoms with Crippen LogP contribution < -0.4 is 14.4 Å². The van der Waals surface area contributed by atoms with Gasteiger partial charge >= 0.3 is 0 Å². The quantitative estimate of drug-likeness (QED) is 0.630. The van der Waals surface area contributed by atoms with E-state index in [1.807, 2.05) is 18.3 Å². The maximum absolute atomic E-state index is 5.61. The minimum absolute atomic E-state index is 0.283. The van der Waals surface area contributed by atoms with Crippen molar-refractivity contribution in [1.29, 1.82) is 0 Å². The molecule has 0 aliphatic carbocycles. The van der Waals surface area contributed by atoms with Gasteiger partial charge < -0.3 is 14.4 Å². The second-order valence-electron chi connectivity index (χ2n) is 7.71. The number of aromatic nitrogens is 4. The first-order chi connectivity index (χ1) is 14.0. The minimum atomic E-state index is 0.283. The number of fused-ring (bicyclic) bond motifs is 1. The SMILES string of the molecule is COc1ccc(OC)c(CN2CCCn3nc(C)c(-c4ccnn4C(C)C)c32)c1. The van der Waals surface area contributed by atoms with Crippen molar-refractivity contribution in [2.45, 2.75) is 46.3 Å². The van der Waals surface area contributed by atoms with Crippen LogP contribution in [0.25, 0.3) is 11.3 Å². The van der Waals surface area contributed by atoms with Crippen LogP contribution in [0.4, 0.5) is 5.82 Å². The first-order valence-corrected chi connectivity index (χ1v) is 10.1. The third kappa shape index (κ3) is 3.45. The summed E-state index contributed by atoms with van der Waals surface area (Å²) in [6.45, 7) is 9.02. The molecule has 4 rings (SSSR count). The Morgan fingerprint density at radius 3 is 2.66 bits per heavy atom. The van der Waals surface area contributed by atoms with Gasteiger partial charge in [-0.25, -0.2) is 4.68 Å². The van der Waals surface area contributed by atoms with Gasteiger partial charge in [-0.05, 0) is 51.5 Å². The van der Waals surface area contributed by atoms with Crippen molar-refractivity contribution in [3.63, 3.8) is 0 Å². The van der Waals surface area contributed by atoms with Gasteiger partial charge in [0.25, 0.3) is 0 Å². The van der Waals surface area contributed by atoms with Gasteiger partial charge in [0.2, 0.25) is 0 Å². The van der Waals surface area contributed by atoms with Gasteiger partial charge in [0.15, 0.2) is 0 Å². The number of nitrogens with zero attached hydrogens (tertiary/aromatic N) is 5. The highest BCUT2D eigenvalue weighted by atomic mass is 16.5. The summed E-state index contributed by atoms with van der Waals surface area (Å²) in [6, 6.07) is 8.32. The van der Waals surface area contributed by atoms with E-state index in [1.165, 1.54) is 0 Å². The van der Waals surface area contributed by atoms with Gasteiger partial charge in [-0.1, -0.05) is 0 Å². The van der Waals surface area contributed by atoms with Crippen LogP contribution in [-0.2, 0) is 13.1 Å². The lowest BCUT2D eigenvalue weighted by Crippen LogP contribution is -2.32. The van der Waals surface area contributed by atoms with E-state index in [0.717, 1.165) is 65.9 Å². The molecule has 0 fully saturated rings. The molecule has 1 aliphatic heterocycles. The summed E-state index contributed by atoms with van der Waals surface area (Å²) in [5.41, 5.74) is 4.41. The van der Waals surface area contributed by atoms with Crippen molar-refractivity contribution in [3.8, 4) is 22.8 Å². The van der Waals surface area contributed by atoms with Crippen LogP contribution in [-0.4, -0.2) is 40.3 Å². The highest BCUT2D eigenvalue weighted by Gasteiger charge is 2.28. The fourth-order valence-electron chi connectivity index (χ4n) is 4.15. The molecule has 2 aromatic heterocycles. The van der Waals surface area contributed by atoms with Crippen LogP contribution in [0.2, 0.25) is 0 Å². The van der Waals surface area contributed by atoms with Gasteiger partial charge in [-0.15, -0.1) is 0 Å². The summed E-state index contributed by atoms with van der Waals surface area (Å²) in [5, 5.41) is 9.40. The maximum Gasteiger partial charge on any atom is 0.136 e. The molecule has 3 aromatic rings. The van der Waals surface area contributed by atoms with Crippen molar-refractivity contribution in [2.24, 2.45) is 0 Å². The highest BCUT2D eigenvalue weighted by Crippen LogP contribution is 2.38. The Morgan fingerprint density at radius 1 is 1.10 bits per heavy atom. The Balaban J connectivity index is 1.79. The third-order valence-corrected chi connectivity index (χ3v) is 5.46. The zero-order chi connectivity index (χ0) is 20.5. The summed E-state index contributed by atoms with van der Waals surface area (Å²) >= 11 is 0. The van der Waals surface area contributed by atoms with E-state index in [2.05, 4.69) is 52.3 Å². The number of methoxy groups -OCH3 is 2. The lowest BCUT2D eigenvalue weighted by Gasteiger charge is -2.31. The fourth-order valence-corrected chi connectivity index (χ4v) is 4.15. The predicted octanol–water partition coefficient (Wildman–Crippen LogP) is 4.06. The molecule has 7 heteroatoms. The number of hydrogen-bond donors (Lipinski definition) is 0. The number of anilines is 1. The second-order valence-corrected chi connectivity index (χ2v) is 7.71. The van der Waals surface area contributed by atoms with Gasteiger partial charge in [0, 0.05) is 37.4 Å². The number of benzene rings is 1. The number of ether oxygens (including phenoxy) is 2. The summed E-state index contributed by atoms with van der Waals surface area (Å²) in [6.07, 6.45) is 2.93. The Bertz CT molecular complexity index is 1000. The lowest BCUT2D eigenvalue weighted by atomic mass is 10.1. The monoisotopic (exact) mass is 395 g/mol. The van der Waals surface area contributed by atoms with Gasteiger partial charge in [0.1, 0.15) is 17.3 Å². The lowest BCUT2D eigenvalue weighted by molar-refractivity contribution is 0.397. The summed E-state index contributed by atoms with van der Waals surface area (Å²) in [7, 11) is 3.40. The van der Waals surface area contributed by atoms with Crippen LogP contribution in [0.3, 0.4) is 0 Å². The van der Waals surface area contributed by atoms with E-state index in [9.17, 15) is 0 Å². The summed E-state index contributed by atoms with van der Waals surface area (Å²) < 4.78 is 15.3. The van der Waals surface area contributed by atoms with Crippen molar-refractivity contribution < 1.29 is 9.47 Å². The summed E-state index contributed by atoms with van der Waals surface area (Å²) in [4.78, 5) is 2.40. The normalized spacial score (nSPS) is 13.7. The zero-order valence-corrected chi connectivity index (χ0v) is 17.8. The molecule has 1 aliphatic rings. The molecule has 0 bridgehead atoms. The molecule has 0 spiro atoms. The first-order valence-electron chi connectivity index (χ1n) is 10.1. The van der Waals surface area contributed by atoms with Crippen LogP contribution in [0.15, 0.2) is 30.5 Å². The van der Waals surface area contributed by atoms with E-state index in [4.69, 9.17) is 14.6 Å². The topological polar surface area (TPSA) is 57.3 Å². The molecule has 7 nitrogen and oxygen atoms in total. The van der Waals surface area contributed by atoms with E-state index in [-0.39, 0.29) is 6.04 Å². The van der Waals surface area contributed by atoms with Crippen molar-refractivity contribution in [3.05, 3.63) is 41.7 Å². The molecule has 0 saturated carbocycles. The molecule has 154 valence electrons. The molecule has 3 heterocycles. The molecular formula is C22H29N5O2. The molecule has 0 amide bonds. The molecule has 29 heavy (non-hydrogen) atoms. The number of rotatable bonds is 6. The van der Waals surface area contributed by atoms with Crippen LogP contribution in [0.5, 0.6) is 11.5 Å². The van der Waals surface area contributed by atoms with Gasteiger partial charge in [0.05, 0.1) is 31.2 Å². The largest absolute Gasteiger partial charge is 0.497 e. The van der Waals surface area contributed by atoms with E-state index in [1.54, 1.807) is 14.2 Å². The first kappa shape index (κ1) is 19.4. The number of hydrogen-bond acceptors (Lipinski definition) is 5. The van der Waals surface area contributed by atoms with E-state index in [0.29, 0.717) is 0 Å². The average molecular weight is 396 g/mol. The fraction of sp³-hybridized carbons (Fsp3) is 0.455. The Morgan fingerprint density at radius 2 is 1.93 bits per heavy atom. The Kier molecular flexibility index (Phi) is 5.22. The molecule has 0 atom stereocenters. The van der Waals surface area contributed by atoms with Crippen molar-refractivity contribution >= 4 is 5.82 Å². The van der Waals surface area contributed by atoms with Crippen LogP contribution in [0, 0.1) is 6.92 Å². The van der Waals surface area contributed by atoms with Crippen LogP contribution >= 0.6 is 0 Å². The zero-order valence-electron chi connectivity index (χ0n) is 17.8. The predicted molar refractivity (Wildman–Crippen MR) is 114 cm³/mol.